The summed E-state index contributed by atoms with van der Waals surface area (Å²) in [4.78, 5) is 17.0. The Balaban J connectivity index is 0. The first-order valence-electron chi connectivity index (χ1n) is 14.4. The summed E-state index contributed by atoms with van der Waals surface area (Å²) < 4.78 is 5.49. The lowest BCUT2D eigenvalue weighted by molar-refractivity contribution is -0.142. The van der Waals surface area contributed by atoms with Crippen LogP contribution in [-0.2, 0) is 9.53 Å². The fourth-order valence-corrected chi connectivity index (χ4v) is 4.50. The van der Waals surface area contributed by atoms with Gasteiger partial charge in [-0.1, -0.05) is 83.8 Å². The Bertz CT molecular complexity index is 884. The Kier molecular flexibility index (Phi) is 23.1. The van der Waals surface area contributed by atoms with Gasteiger partial charge in [-0.05, 0) is 82.4 Å². The van der Waals surface area contributed by atoms with Gasteiger partial charge >= 0.3 is 5.97 Å². The molecule has 4 nitrogen and oxygen atoms in total. The summed E-state index contributed by atoms with van der Waals surface area (Å²) in [6.07, 6.45) is 21.1. The molecular weight excluding hydrogens is 468 g/mol. The van der Waals surface area contributed by atoms with E-state index in [-0.39, 0.29) is 12.1 Å². The van der Waals surface area contributed by atoms with Crippen molar-refractivity contribution < 1.29 is 9.53 Å². The fraction of sp³-hybridized carbons (Fsp3) is 0.618. The van der Waals surface area contributed by atoms with Crippen LogP contribution in [0.1, 0.15) is 114 Å². The zero-order valence-corrected chi connectivity index (χ0v) is 26.4. The Hall–Kier alpha value is -2.67. The van der Waals surface area contributed by atoms with Crippen LogP contribution in [0.5, 0.6) is 0 Å². The maximum Gasteiger partial charge on any atom is 0.338 e. The molecule has 0 amide bonds. The molecule has 1 saturated carbocycles. The number of allylic oxidation sites excluding steroid dienone is 8. The van der Waals surface area contributed by atoms with E-state index in [9.17, 15) is 4.79 Å². The molecule has 1 rings (SSSR count). The van der Waals surface area contributed by atoms with Crippen molar-refractivity contribution in [2.75, 3.05) is 7.05 Å². The molecular formula is C34H56N2O2. The molecule has 0 N–H and O–H groups in total. The summed E-state index contributed by atoms with van der Waals surface area (Å²) in [5.41, 5.74) is 4.48. The molecule has 4 heteroatoms. The zero-order chi connectivity index (χ0) is 29.5. The highest BCUT2D eigenvalue weighted by Gasteiger charge is 2.22. The maximum atomic E-state index is 12.8. The Morgan fingerprint density at radius 1 is 1.08 bits per heavy atom. The molecule has 0 aromatic heterocycles. The molecule has 0 atom stereocenters. The van der Waals surface area contributed by atoms with Crippen LogP contribution in [0.15, 0.2) is 63.2 Å². The quantitative estimate of drug-likeness (QED) is 0.117. The SMILES string of the molecule is C/C=C(C=NC)/C(=C(\C=C/CC)C(/C)=C/CC)C(=C\C)/C(=O)OC(C)C.CC#N.CC(C)CC1CCCC1. The number of esters is 1. The molecule has 1 aliphatic carbocycles. The van der Waals surface area contributed by atoms with E-state index in [1.54, 1.807) is 19.3 Å². The van der Waals surface area contributed by atoms with Gasteiger partial charge in [0.05, 0.1) is 17.7 Å². The number of nitriles is 1. The zero-order valence-electron chi connectivity index (χ0n) is 26.4. The van der Waals surface area contributed by atoms with Crippen molar-refractivity contribution in [3.05, 3.63) is 58.2 Å². The van der Waals surface area contributed by atoms with Crippen molar-refractivity contribution >= 4 is 12.2 Å². The summed E-state index contributed by atoms with van der Waals surface area (Å²) >= 11 is 0. The summed E-state index contributed by atoms with van der Waals surface area (Å²) in [6.45, 7) is 19.9. The number of rotatable bonds is 11. The molecule has 0 aliphatic heterocycles. The highest BCUT2D eigenvalue weighted by Crippen LogP contribution is 2.30. The lowest BCUT2D eigenvalue weighted by Crippen LogP contribution is -2.17. The minimum Gasteiger partial charge on any atom is -0.459 e. The second-order valence-electron chi connectivity index (χ2n) is 10.2. The van der Waals surface area contributed by atoms with Crippen LogP contribution < -0.4 is 0 Å². The van der Waals surface area contributed by atoms with Gasteiger partial charge in [0.25, 0.3) is 0 Å². The molecule has 214 valence electrons. The summed E-state index contributed by atoms with van der Waals surface area (Å²) in [5, 5.41) is 7.32. The first kappa shape index (κ1) is 37.5. The molecule has 0 aromatic carbocycles. The third-order valence-electron chi connectivity index (χ3n) is 5.99. The van der Waals surface area contributed by atoms with Crippen molar-refractivity contribution in [1.82, 2.24) is 0 Å². The van der Waals surface area contributed by atoms with Crippen molar-refractivity contribution in [2.24, 2.45) is 16.8 Å². The van der Waals surface area contributed by atoms with E-state index in [1.807, 2.05) is 39.8 Å². The van der Waals surface area contributed by atoms with Crippen LogP contribution in [0.3, 0.4) is 0 Å². The normalized spacial score (nSPS) is 15.7. The van der Waals surface area contributed by atoms with Gasteiger partial charge < -0.3 is 4.74 Å². The minimum atomic E-state index is -0.312. The first-order valence-corrected chi connectivity index (χ1v) is 14.4. The third kappa shape index (κ3) is 16.2. The van der Waals surface area contributed by atoms with Gasteiger partial charge in [0.15, 0.2) is 0 Å². The lowest BCUT2D eigenvalue weighted by atomic mass is 9.88. The molecule has 0 bridgehead atoms. The first-order chi connectivity index (χ1) is 18.1. The average Bonchev–Trinajstić information content (AvgIpc) is 3.35. The van der Waals surface area contributed by atoms with E-state index in [0.717, 1.165) is 47.0 Å². The summed E-state index contributed by atoms with van der Waals surface area (Å²) in [6, 6.07) is 1.75. The van der Waals surface area contributed by atoms with Gasteiger partial charge in [0.1, 0.15) is 0 Å². The van der Waals surface area contributed by atoms with Crippen molar-refractivity contribution in [3.63, 3.8) is 0 Å². The smallest absolute Gasteiger partial charge is 0.338 e. The monoisotopic (exact) mass is 524 g/mol. The number of ether oxygens (including phenoxy) is 1. The van der Waals surface area contributed by atoms with Gasteiger partial charge in [-0.25, -0.2) is 4.79 Å². The van der Waals surface area contributed by atoms with Crippen molar-refractivity contribution in [1.29, 1.82) is 5.26 Å². The Labute approximate surface area is 235 Å². The number of hydrogen-bond acceptors (Lipinski definition) is 4. The Morgan fingerprint density at radius 3 is 2.05 bits per heavy atom. The molecule has 1 fully saturated rings. The lowest BCUT2D eigenvalue weighted by Gasteiger charge is -2.18. The molecule has 0 spiro atoms. The van der Waals surface area contributed by atoms with E-state index in [1.165, 1.54) is 39.0 Å². The Morgan fingerprint density at radius 2 is 1.66 bits per heavy atom. The average molecular weight is 525 g/mol. The van der Waals surface area contributed by atoms with Crippen molar-refractivity contribution in [2.45, 2.75) is 120 Å². The van der Waals surface area contributed by atoms with Gasteiger partial charge in [0, 0.05) is 25.8 Å². The maximum absolute atomic E-state index is 12.8. The number of hydrogen-bond donors (Lipinski definition) is 0. The molecule has 0 aromatic rings. The number of nitrogens with zero attached hydrogens (tertiary/aromatic N) is 2. The molecule has 0 unspecified atom stereocenters. The van der Waals surface area contributed by atoms with Gasteiger partial charge in [-0.15, -0.1) is 0 Å². The highest BCUT2D eigenvalue weighted by molar-refractivity contribution is 6.01. The van der Waals surface area contributed by atoms with Crippen LogP contribution in [0.2, 0.25) is 0 Å². The largest absolute Gasteiger partial charge is 0.459 e. The number of aliphatic imine (C=N–C) groups is 1. The van der Waals surface area contributed by atoms with Gasteiger partial charge in [-0.3, -0.25) is 4.99 Å². The molecule has 0 radical (unpaired) electrons. The molecule has 0 heterocycles. The predicted octanol–water partition coefficient (Wildman–Crippen LogP) is 9.90. The van der Waals surface area contributed by atoms with E-state index >= 15 is 0 Å². The van der Waals surface area contributed by atoms with Crippen LogP contribution >= 0.6 is 0 Å². The topological polar surface area (TPSA) is 62.4 Å². The van der Waals surface area contributed by atoms with E-state index in [2.05, 4.69) is 57.8 Å². The van der Waals surface area contributed by atoms with Gasteiger partial charge in [0.2, 0.25) is 0 Å². The predicted molar refractivity (Wildman–Crippen MR) is 166 cm³/mol. The second kappa shape index (κ2) is 23.4. The minimum absolute atomic E-state index is 0.172. The fourth-order valence-electron chi connectivity index (χ4n) is 4.50. The summed E-state index contributed by atoms with van der Waals surface area (Å²) in [5.74, 6) is 1.70. The van der Waals surface area contributed by atoms with E-state index in [4.69, 9.17) is 10.00 Å². The molecule has 38 heavy (non-hydrogen) atoms. The third-order valence-corrected chi connectivity index (χ3v) is 5.99. The summed E-state index contributed by atoms with van der Waals surface area (Å²) in [7, 11) is 1.74. The van der Waals surface area contributed by atoms with Crippen LogP contribution in [0.4, 0.5) is 0 Å². The van der Waals surface area contributed by atoms with Gasteiger partial charge in [-0.2, -0.15) is 5.26 Å². The number of carbonyl (C=O) groups is 1. The number of carbonyl (C=O) groups excluding carboxylic acids is 1. The molecule has 1 aliphatic rings. The van der Waals surface area contributed by atoms with Crippen LogP contribution in [-0.4, -0.2) is 25.3 Å². The second-order valence-corrected chi connectivity index (χ2v) is 10.2. The van der Waals surface area contributed by atoms with E-state index in [0.29, 0.717) is 5.57 Å². The van der Waals surface area contributed by atoms with Crippen molar-refractivity contribution in [3.8, 4) is 6.07 Å². The van der Waals surface area contributed by atoms with E-state index < -0.39 is 0 Å². The van der Waals surface area contributed by atoms with Crippen LogP contribution in [0.25, 0.3) is 0 Å². The van der Waals surface area contributed by atoms with Crippen LogP contribution in [0, 0.1) is 23.2 Å². The highest BCUT2D eigenvalue weighted by atomic mass is 16.5. The standard InChI is InChI=1S/C23H35NO2.C9H18.C2H3N/c1-9-13-15-21(18(7)14-10-2)22(19(11-3)16-24-8)20(12-4)23(25)26-17(5)6;1-8(2)7-9-5-3-4-6-9;1-2-3/h11-17H,9-10H2,1-8H3;8-9H,3-7H2,1-2H3;1H3/b15-13-,18-14+,19-11+,20-12+,22-21-,24-16?;;. The molecule has 0 saturated heterocycles.